The number of allylic oxidation sites excluding steroid dienone is 3. The molecule has 0 aromatic carbocycles. The summed E-state index contributed by atoms with van der Waals surface area (Å²) < 4.78 is 0. The second kappa shape index (κ2) is 8.11. The summed E-state index contributed by atoms with van der Waals surface area (Å²) in [5, 5.41) is 0.467. The minimum Gasteiger partial charge on any atom is -0.344 e. The van der Waals surface area contributed by atoms with E-state index in [4.69, 9.17) is 11.6 Å². The maximum absolute atomic E-state index is 11.5. The molecule has 0 rings (SSSR count). The number of rotatable bonds is 6. The molecule has 4 heteroatoms. The first-order valence-corrected chi connectivity index (χ1v) is 5.57. The number of amides is 1. The Kier molecular flexibility index (Phi) is 7.56. The van der Waals surface area contributed by atoms with Crippen LogP contribution in [0.3, 0.4) is 0 Å². The van der Waals surface area contributed by atoms with Gasteiger partial charge in [0.2, 0.25) is 5.91 Å². The number of carbonyl (C=O) groups excluding carboxylic acids is 1. The zero-order valence-electron chi connectivity index (χ0n) is 10.1. The van der Waals surface area contributed by atoms with Gasteiger partial charge in [0.1, 0.15) is 6.54 Å². The van der Waals surface area contributed by atoms with Crippen LogP contribution in [0.5, 0.6) is 0 Å². The lowest BCUT2D eigenvalue weighted by Gasteiger charge is -2.18. The van der Waals surface area contributed by atoms with Gasteiger partial charge >= 0.3 is 0 Å². The van der Waals surface area contributed by atoms with Gasteiger partial charge in [0, 0.05) is 19.8 Å². The number of carbonyl (C=O) groups is 1. The van der Waals surface area contributed by atoms with Crippen molar-refractivity contribution in [1.82, 2.24) is 4.90 Å². The second-order valence-electron chi connectivity index (χ2n) is 3.93. The molecule has 0 aliphatic heterocycles. The highest BCUT2D eigenvalue weighted by Gasteiger charge is 2.08. The number of hydrogen-bond donors (Lipinski definition) is 0. The maximum atomic E-state index is 11.5. The first kappa shape index (κ1) is 14.9. The SMILES string of the molecule is C=C/C=C(Cl)\C=N/CC(=O)N(C)CC(C)C. The molecule has 0 fully saturated rings. The van der Waals surface area contributed by atoms with Crippen LogP contribution in [-0.4, -0.2) is 37.2 Å². The van der Waals surface area contributed by atoms with Crippen LogP contribution in [0.25, 0.3) is 0 Å². The van der Waals surface area contributed by atoms with Crippen molar-refractivity contribution in [2.45, 2.75) is 13.8 Å². The zero-order valence-corrected chi connectivity index (χ0v) is 10.9. The lowest BCUT2D eigenvalue weighted by atomic mass is 10.2. The fourth-order valence-corrected chi connectivity index (χ4v) is 1.29. The Morgan fingerprint density at radius 3 is 2.69 bits per heavy atom. The Labute approximate surface area is 102 Å². The standard InChI is InChI=1S/C12H19ClN2O/c1-5-6-11(13)7-14-8-12(16)15(4)9-10(2)3/h5-7,10H,1,8-9H2,2-4H3/b11-6+,14-7-. The first-order chi connectivity index (χ1) is 7.47. The topological polar surface area (TPSA) is 32.7 Å². The van der Waals surface area contributed by atoms with Gasteiger partial charge in [-0.3, -0.25) is 9.79 Å². The Hall–Kier alpha value is -1.09. The van der Waals surface area contributed by atoms with Gasteiger partial charge in [-0.1, -0.05) is 38.1 Å². The smallest absolute Gasteiger partial charge is 0.243 e. The molecule has 0 atom stereocenters. The van der Waals surface area contributed by atoms with Crippen molar-refractivity contribution >= 4 is 23.7 Å². The second-order valence-corrected chi connectivity index (χ2v) is 4.36. The molecule has 0 aromatic rings. The summed E-state index contributed by atoms with van der Waals surface area (Å²) in [4.78, 5) is 17.2. The van der Waals surface area contributed by atoms with Gasteiger partial charge in [-0.05, 0) is 12.0 Å². The molecule has 0 aliphatic rings. The largest absolute Gasteiger partial charge is 0.344 e. The first-order valence-electron chi connectivity index (χ1n) is 5.19. The summed E-state index contributed by atoms with van der Waals surface area (Å²) in [5.74, 6) is 0.454. The lowest BCUT2D eigenvalue weighted by Crippen LogP contribution is -2.31. The fraction of sp³-hybridized carbons (Fsp3) is 0.500. The molecule has 0 unspecified atom stereocenters. The number of aliphatic imine (C=N–C) groups is 1. The monoisotopic (exact) mass is 242 g/mol. The third-order valence-electron chi connectivity index (χ3n) is 1.78. The van der Waals surface area contributed by atoms with E-state index in [9.17, 15) is 4.79 Å². The van der Waals surface area contributed by atoms with Crippen LogP contribution < -0.4 is 0 Å². The van der Waals surface area contributed by atoms with Crippen molar-refractivity contribution in [2.75, 3.05) is 20.1 Å². The van der Waals surface area contributed by atoms with E-state index >= 15 is 0 Å². The summed E-state index contributed by atoms with van der Waals surface area (Å²) in [5.41, 5.74) is 0. The van der Waals surface area contributed by atoms with Crippen LogP contribution in [-0.2, 0) is 4.79 Å². The van der Waals surface area contributed by atoms with E-state index < -0.39 is 0 Å². The van der Waals surface area contributed by atoms with Crippen LogP contribution >= 0.6 is 11.6 Å². The highest BCUT2D eigenvalue weighted by molar-refractivity contribution is 6.39. The molecule has 0 bridgehead atoms. The van der Waals surface area contributed by atoms with E-state index in [0.717, 1.165) is 6.54 Å². The van der Waals surface area contributed by atoms with Crippen LogP contribution in [0, 0.1) is 5.92 Å². The summed E-state index contributed by atoms with van der Waals surface area (Å²) in [6, 6.07) is 0. The normalized spacial score (nSPS) is 12.2. The molecule has 0 aromatic heterocycles. The summed E-state index contributed by atoms with van der Waals surface area (Å²) in [6.07, 6.45) is 4.65. The van der Waals surface area contributed by atoms with E-state index in [0.29, 0.717) is 11.0 Å². The average Bonchev–Trinajstić information content (AvgIpc) is 2.16. The van der Waals surface area contributed by atoms with Crippen molar-refractivity contribution in [3.63, 3.8) is 0 Å². The van der Waals surface area contributed by atoms with E-state index in [2.05, 4.69) is 25.4 Å². The molecular weight excluding hydrogens is 224 g/mol. The molecule has 0 spiro atoms. The number of halogens is 1. The predicted octanol–water partition coefficient (Wildman–Crippen LogP) is 2.48. The van der Waals surface area contributed by atoms with E-state index in [1.807, 2.05) is 0 Å². The van der Waals surface area contributed by atoms with E-state index in [-0.39, 0.29) is 12.5 Å². The van der Waals surface area contributed by atoms with Gasteiger partial charge < -0.3 is 4.90 Å². The van der Waals surface area contributed by atoms with Crippen molar-refractivity contribution in [3.05, 3.63) is 23.8 Å². The zero-order chi connectivity index (χ0) is 12.6. The highest BCUT2D eigenvalue weighted by atomic mass is 35.5. The molecule has 16 heavy (non-hydrogen) atoms. The van der Waals surface area contributed by atoms with Gasteiger partial charge in [-0.2, -0.15) is 0 Å². The predicted molar refractivity (Wildman–Crippen MR) is 70.0 cm³/mol. The molecule has 0 heterocycles. The molecular formula is C12H19ClN2O. The Balaban J connectivity index is 4.06. The van der Waals surface area contributed by atoms with Crippen molar-refractivity contribution in [2.24, 2.45) is 10.9 Å². The van der Waals surface area contributed by atoms with Crippen molar-refractivity contribution in [3.8, 4) is 0 Å². The third-order valence-corrected chi connectivity index (χ3v) is 2.01. The molecule has 0 aliphatic carbocycles. The fourth-order valence-electron chi connectivity index (χ4n) is 1.14. The van der Waals surface area contributed by atoms with Gasteiger partial charge in [0.15, 0.2) is 0 Å². The van der Waals surface area contributed by atoms with Gasteiger partial charge in [0.25, 0.3) is 0 Å². The molecule has 0 radical (unpaired) electrons. The number of likely N-dealkylation sites (N-methyl/N-ethyl adjacent to an activating group) is 1. The third kappa shape index (κ3) is 7.23. The molecule has 90 valence electrons. The van der Waals surface area contributed by atoms with E-state index in [1.165, 1.54) is 6.21 Å². The minimum atomic E-state index is -0.00646. The van der Waals surface area contributed by atoms with Gasteiger partial charge in [-0.15, -0.1) is 0 Å². The Morgan fingerprint density at radius 2 is 2.19 bits per heavy atom. The van der Waals surface area contributed by atoms with Crippen molar-refractivity contribution in [1.29, 1.82) is 0 Å². The quantitative estimate of drug-likeness (QED) is 0.520. The average molecular weight is 243 g/mol. The van der Waals surface area contributed by atoms with E-state index in [1.54, 1.807) is 24.1 Å². The molecule has 0 saturated heterocycles. The molecule has 1 amide bonds. The lowest BCUT2D eigenvalue weighted by molar-refractivity contribution is -0.128. The van der Waals surface area contributed by atoms with Crippen molar-refractivity contribution < 1.29 is 4.79 Å². The van der Waals surface area contributed by atoms with Crippen LogP contribution in [0.15, 0.2) is 28.8 Å². The summed E-state index contributed by atoms with van der Waals surface area (Å²) >= 11 is 5.74. The number of nitrogens with zero attached hydrogens (tertiary/aromatic N) is 2. The summed E-state index contributed by atoms with van der Waals surface area (Å²) in [7, 11) is 1.78. The Morgan fingerprint density at radius 1 is 1.56 bits per heavy atom. The molecule has 0 saturated carbocycles. The van der Waals surface area contributed by atoms with Crippen LogP contribution in [0.1, 0.15) is 13.8 Å². The molecule has 0 N–H and O–H groups in total. The van der Waals surface area contributed by atoms with Gasteiger partial charge in [0.05, 0.1) is 5.03 Å². The van der Waals surface area contributed by atoms with Crippen LogP contribution in [0.4, 0.5) is 0 Å². The van der Waals surface area contributed by atoms with Crippen LogP contribution in [0.2, 0.25) is 0 Å². The number of hydrogen-bond acceptors (Lipinski definition) is 2. The van der Waals surface area contributed by atoms with Gasteiger partial charge in [-0.25, -0.2) is 0 Å². The maximum Gasteiger partial charge on any atom is 0.243 e. The summed E-state index contributed by atoms with van der Waals surface area (Å²) in [6.45, 7) is 8.51. The Bertz CT molecular complexity index is 295. The highest BCUT2D eigenvalue weighted by Crippen LogP contribution is 1.98. The minimum absolute atomic E-state index is 0.00646. The molecule has 3 nitrogen and oxygen atoms in total.